The number of rotatable bonds is 3. The highest BCUT2D eigenvalue weighted by molar-refractivity contribution is 8.02. The molecule has 1 saturated heterocycles. The molecule has 1 fully saturated rings. The van der Waals surface area contributed by atoms with Gasteiger partial charge in [0.2, 0.25) is 16.7 Å². The van der Waals surface area contributed by atoms with E-state index in [2.05, 4.69) is 0 Å². The molecule has 138 valence electrons. The number of nitrogens with two attached hydrogens (primary N) is 1. The number of para-hydroxylation sites is 1. The van der Waals surface area contributed by atoms with Crippen molar-refractivity contribution in [1.29, 1.82) is 0 Å². The summed E-state index contributed by atoms with van der Waals surface area (Å²) in [6.45, 7) is -0.349. The number of nitrogens with zero attached hydrogens (tertiary/aromatic N) is 2. The van der Waals surface area contributed by atoms with Crippen molar-refractivity contribution >= 4 is 40.9 Å². The normalized spacial score (nSPS) is 21.3. The number of thioether (sulfide) groups is 1. The van der Waals surface area contributed by atoms with E-state index in [9.17, 15) is 23.2 Å². The van der Waals surface area contributed by atoms with E-state index in [1.807, 2.05) is 0 Å². The fraction of sp³-hybridized carbons (Fsp3) is 0.167. The van der Waals surface area contributed by atoms with Crippen LogP contribution in [-0.2, 0) is 19.3 Å². The minimum atomic E-state index is -1.49. The number of anilines is 2. The summed E-state index contributed by atoms with van der Waals surface area (Å²) in [4.78, 5) is 38.3. The summed E-state index contributed by atoms with van der Waals surface area (Å²) < 4.78 is 27.2. The Hall–Kier alpha value is -2.94. The third kappa shape index (κ3) is 2.42. The summed E-state index contributed by atoms with van der Waals surface area (Å²) in [6.07, 6.45) is 0. The third-order valence-corrected chi connectivity index (χ3v) is 5.93. The highest BCUT2D eigenvalue weighted by atomic mass is 32.2. The zero-order valence-corrected chi connectivity index (χ0v) is 14.6. The lowest BCUT2D eigenvalue weighted by molar-refractivity contribution is -0.125. The van der Waals surface area contributed by atoms with Crippen LogP contribution in [0.25, 0.3) is 0 Å². The van der Waals surface area contributed by atoms with Gasteiger partial charge in [-0.1, -0.05) is 18.2 Å². The molecule has 0 aliphatic carbocycles. The van der Waals surface area contributed by atoms with Crippen molar-refractivity contribution in [2.75, 3.05) is 22.1 Å². The number of primary amides is 1. The molecule has 0 radical (unpaired) electrons. The first-order valence-electron chi connectivity index (χ1n) is 7.98. The molecule has 9 heteroatoms. The second-order valence-corrected chi connectivity index (χ2v) is 7.30. The Labute approximate surface area is 156 Å². The second-order valence-electron chi connectivity index (χ2n) is 6.14. The van der Waals surface area contributed by atoms with Gasteiger partial charge in [0.25, 0.3) is 5.91 Å². The highest BCUT2D eigenvalue weighted by Gasteiger charge is 2.61. The summed E-state index contributed by atoms with van der Waals surface area (Å²) in [6, 6.07) is 9.76. The lowest BCUT2D eigenvalue weighted by atomic mass is 10.0. The Morgan fingerprint density at radius 2 is 1.89 bits per heavy atom. The van der Waals surface area contributed by atoms with Gasteiger partial charge in [0.15, 0.2) is 11.6 Å². The Morgan fingerprint density at radius 3 is 2.59 bits per heavy atom. The van der Waals surface area contributed by atoms with Crippen LogP contribution < -0.4 is 15.5 Å². The smallest absolute Gasteiger partial charge is 0.269 e. The molecule has 0 saturated carbocycles. The first-order valence-corrected chi connectivity index (χ1v) is 8.96. The molecule has 1 atom stereocenters. The first kappa shape index (κ1) is 17.5. The fourth-order valence-electron chi connectivity index (χ4n) is 3.49. The van der Waals surface area contributed by atoms with Gasteiger partial charge in [-0.05, 0) is 18.2 Å². The third-order valence-electron chi connectivity index (χ3n) is 4.54. The molecular formula is C18H13F2N3O3S. The Balaban J connectivity index is 1.92. The minimum Gasteiger partial charge on any atom is -0.368 e. The van der Waals surface area contributed by atoms with Crippen LogP contribution in [0.2, 0.25) is 0 Å². The van der Waals surface area contributed by atoms with E-state index in [0.29, 0.717) is 11.3 Å². The van der Waals surface area contributed by atoms with Crippen molar-refractivity contribution < 1.29 is 23.2 Å². The molecule has 2 aliphatic heterocycles. The molecule has 0 aromatic heterocycles. The van der Waals surface area contributed by atoms with E-state index in [0.717, 1.165) is 23.9 Å². The van der Waals surface area contributed by atoms with Crippen molar-refractivity contribution in [2.45, 2.75) is 4.87 Å². The maximum absolute atomic E-state index is 13.8. The largest absolute Gasteiger partial charge is 0.368 e. The molecule has 2 aromatic rings. The van der Waals surface area contributed by atoms with Gasteiger partial charge in [-0.3, -0.25) is 24.2 Å². The Bertz CT molecular complexity index is 1000. The van der Waals surface area contributed by atoms with E-state index in [4.69, 9.17) is 5.73 Å². The first-order chi connectivity index (χ1) is 12.9. The summed E-state index contributed by atoms with van der Waals surface area (Å²) in [5, 5.41) is 0. The van der Waals surface area contributed by atoms with Crippen LogP contribution in [0.3, 0.4) is 0 Å². The van der Waals surface area contributed by atoms with E-state index in [-0.39, 0.29) is 18.0 Å². The van der Waals surface area contributed by atoms with E-state index < -0.39 is 34.2 Å². The predicted octanol–water partition coefficient (Wildman–Crippen LogP) is 1.73. The molecule has 4 rings (SSSR count). The molecule has 2 aromatic carbocycles. The van der Waals surface area contributed by atoms with E-state index in [1.165, 1.54) is 15.9 Å². The molecule has 6 nitrogen and oxygen atoms in total. The number of amides is 3. The van der Waals surface area contributed by atoms with Gasteiger partial charge in [-0.25, -0.2) is 8.78 Å². The van der Waals surface area contributed by atoms with Gasteiger partial charge in [0.1, 0.15) is 6.54 Å². The molecule has 2 aliphatic rings. The van der Waals surface area contributed by atoms with Gasteiger partial charge in [0, 0.05) is 17.3 Å². The number of carbonyl (C=O) groups excluding carboxylic acids is 3. The van der Waals surface area contributed by atoms with Crippen molar-refractivity contribution in [1.82, 2.24) is 0 Å². The SMILES string of the molecule is NC(=O)CN1C(=O)C2(SCC(=O)N2c2ccc(F)c(F)c2)c2ccccc21. The number of hydrogen-bond acceptors (Lipinski definition) is 4. The van der Waals surface area contributed by atoms with Crippen molar-refractivity contribution in [3.63, 3.8) is 0 Å². The molecule has 1 spiro atoms. The number of halogens is 2. The van der Waals surface area contributed by atoms with E-state index in [1.54, 1.807) is 24.3 Å². The lowest BCUT2D eigenvalue weighted by Crippen LogP contribution is -2.51. The van der Waals surface area contributed by atoms with E-state index >= 15 is 0 Å². The molecule has 3 amide bonds. The van der Waals surface area contributed by atoms with Crippen LogP contribution in [0.15, 0.2) is 42.5 Å². The number of carbonyl (C=O) groups is 3. The van der Waals surface area contributed by atoms with Crippen molar-refractivity contribution in [2.24, 2.45) is 5.73 Å². The maximum atomic E-state index is 13.8. The number of hydrogen-bond donors (Lipinski definition) is 1. The standard InChI is InChI=1S/C18H13F2N3O3S/c19-12-6-5-10(7-13(12)20)23-16(25)9-27-18(23)11-3-1-2-4-14(11)22(17(18)26)8-15(21)24/h1-7H,8-9H2,(H2,21,24). The minimum absolute atomic E-state index is 0.0243. The van der Waals surface area contributed by atoms with Gasteiger partial charge in [0.05, 0.1) is 11.4 Å². The van der Waals surface area contributed by atoms with Crippen LogP contribution in [0.4, 0.5) is 20.2 Å². The molecule has 2 N–H and O–H groups in total. The quantitative estimate of drug-likeness (QED) is 0.867. The topological polar surface area (TPSA) is 83.7 Å². The molecular weight excluding hydrogens is 376 g/mol. The summed E-state index contributed by atoms with van der Waals surface area (Å²) in [7, 11) is 0. The fourth-order valence-corrected chi connectivity index (χ4v) is 4.85. The highest BCUT2D eigenvalue weighted by Crippen LogP contribution is 2.55. The summed E-state index contributed by atoms with van der Waals surface area (Å²) in [5.41, 5.74) is 6.29. The summed E-state index contributed by atoms with van der Waals surface area (Å²) in [5.74, 6) is -3.86. The number of benzene rings is 2. The zero-order valence-electron chi connectivity index (χ0n) is 13.8. The van der Waals surface area contributed by atoms with Crippen LogP contribution >= 0.6 is 11.8 Å². The van der Waals surface area contributed by atoms with Gasteiger partial charge in [-0.2, -0.15) is 0 Å². The molecule has 1 unspecified atom stereocenters. The Morgan fingerprint density at radius 1 is 1.15 bits per heavy atom. The van der Waals surface area contributed by atoms with Gasteiger partial charge < -0.3 is 5.73 Å². The molecule has 27 heavy (non-hydrogen) atoms. The van der Waals surface area contributed by atoms with Crippen LogP contribution in [0, 0.1) is 11.6 Å². The van der Waals surface area contributed by atoms with Gasteiger partial charge in [-0.15, -0.1) is 11.8 Å². The van der Waals surface area contributed by atoms with Crippen molar-refractivity contribution in [3.8, 4) is 0 Å². The Kier molecular flexibility index (Phi) is 3.92. The van der Waals surface area contributed by atoms with Gasteiger partial charge >= 0.3 is 0 Å². The summed E-state index contributed by atoms with van der Waals surface area (Å²) >= 11 is 1.07. The average Bonchev–Trinajstić information content (AvgIpc) is 3.09. The zero-order chi connectivity index (χ0) is 19.3. The monoisotopic (exact) mass is 389 g/mol. The van der Waals surface area contributed by atoms with Crippen molar-refractivity contribution in [3.05, 3.63) is 59.7 Å². The average molecular weight is 389 g/mol. The lowest BCUT2D eigenvalue weighted by Gasteiger charge is -2.33. The number of fused-ring (bicyclic) bond motifs is 2. The van der Waals surface area contributed by atoms with Crippen LogP contribution in [-0.4, -0.2) is 30.0 Å². The molecule has 0 bridgehead atoms. The molecule has 2 heterocycles. The maximum Gasteiger partial charge on any atom is 0.269 e. The van der Waals surface area contributed by atoms with Crippen LogP contribution in [0.5, 0.6) is 0 Å². The second kappa shape index (κ2) is 6.05. The van der Waals surface area contributed by atoms with Crippen LogP contribution in [0.1, 0.15) is 5.56 Å². The predicted molar refractivity (Wildman–Crippen MR) is 96.0 cm³/mol.